The first kappa shape index (κ1) is 94.4. The Bertz CT molecular complexity index is 2570. The summed E-state index contributed by atoms with van der Waals surface area (Å²) >= 11 is 0. The van der Waals surface area contributed by atoms with E-state index in [9.17, 15) is 43.2 Å². The average molecular weight is 1440 g/mol. The summed E-state index contributed by atoms with van der Waals surface area (Å²) in [6, 6.07) is 0. The monoisotopic (exact) mass is 1440 g/mol. The molecule has 0 heterocycles. The number of aliphatic hydroxyl groups is 1. The van der Waals surface area contributed by atoms with E-state index in [0.29, 0.717) is 32.1 Å². The second kappa shape index (κ2) is 71.8. The fourth-order valence-corrected chi connectivity index (χ4v) is 10.6. The minimum absolute atomic E-state index is 0.0265. The number of unbranched alkanes of at least 4 members (excludes halogenated alkanes) is 14. The Labute approximate surface area is 603 Å². The number of esters is 4. The molecule has 0 aromatic rings. The fourth-order valence-electron chi connectivity index (χ4n) is 9.05. The number of allylic oxidation sites excluding steroid dienone is 28. The zero-order chi connectivity index (χ0) is 73.2. The Morgan fingerprint density at radius 1 is 0.290 bits per heavy atom. The number of aliphatic hydroxyl groups excluding tert-OH is 1. The standard InChI is InChI=1S/C81H130O17P2/c1-5-9-13-17-21-25-29-33-36-37-40-43-46-50-54-58-62-66-79(84)92-71-76(97-80(85)67-63-59-55-51-47-41-32-28-24-20-16-12-8-4)73-95-99(87,88)93-69-75(82)70-94-100(89,90)96-74-77(98-81(86)68-64-60-56-52-48-44-39-35-31-27-23-19-15-11-7-3)72-91-78(83)65-61-57-53-49-45-42-38-34-30-26-22-18-14-10-6-2/h9-11,13-16,20-23,25-28,32-36,38-40,43,45,48-49,52,75-77,82H,5-8,12,17-19,24,29-31,37,41-42,44,46-47,50-51,53-74H2,1-4H3,(H,87,88)(H,89,90)/b13-9-,14-10-,15-11-,20-16-,25-21-,26-22-,27-23-,32-28-,36-33-,38-34-,39-35-,43-40-,49-45-,52-48-. The highest BCUT2D eigenvalue weighted by Crippen LogP contribution is 2.45. The van der Waals surface area contributed by atoms with Crippen LogP contribution in [0.2, 0.25) is 0 Å². The zero-order valence-corrected chi connectivity index (χ0v) is 63.3. The van der Waals surface area contributed by atoms with E-state index >= 15 is 0 Å². The average Bonchev–Trinajstić information content (AvgIpc) is 0.965. The molecule has 19 heteroatoms. The number of ether oxygens (including phenoxy) is 4. The molecule has 100 heavy (non-hydrogen) atoms. The van der Waals surface area contributed by atoms with Gasteiger partial charge in [-0.2, -0.15) is 0 Å². The number of carbonyl (C=O) groups is 4. The summed E-state index contributed by atoms with van der Waals surface area (Å²) in [7, 11) is -10.0. The van der Waals surface area contributed by atoms with E-state index in [4.69, 9.17) is 37.0 Å². The van der Waals surface area contributed by atoms with Crippen molar-refractivity contribution in [2.75, 3.05) is 39.6 Å². The largest absolute Gasteiger partial charge is 0.472 e. The van der Waals surface area contributed by atoms with Crippen LogP contribution in [0.15, 0.2) is 170 Å². The van der Waals surface area contributed by atoms with Gasteiger partial charge < -0.3 is 33.8 Å². The van der Waals surface area contributed by atoms with Crippen LogP contribution in [0.3, 0.4) is 0 Å². The third kappa shape index (κ3) is 70.8. The van der Waals surface area contributed by atoms with E-state index in [1.165, 1.54) is 0 Å². The number of rotatable bonds is 68. The number of carbonyl (C=O) groups excluding carboxylic acids is 4. The van der Waals surface area contributed by atoms with Crippen molar-refractivity contribution in [3.63, 3.8) is 0 Å². The first-order valence-corrected chi connectivity index (χ1v) is 40.4. The Hall–Kier alpha value is -5.58. The van der Waals surface area contributed by atoms with Crippen molar-refractivity contribution >= 4 is 39.5 Å². The van der Waals surface area contributed by atoms with Gasteiger partial charge in [-0.15, -0.1) is 0 Å². The van der Waals surface area contributed by atoms with Crippen LogP contribution in [-0.4, -0.2) is 96.7 Å². The van der Waals surface area contributed by atoms with Gasteiger partial charge >= 0.3 is 39.5 Å². The highest BCUT2D eigenvalue weighted by molar-refractivity contribution is 7.47. The smallest absolute Gasteiger partial charge is 0.462 e. The van der Waals surface area contributed by atoms with Crippen molar-refractivity contribution in [1.82, 2.24) is 0 Å². The summed E-state index contributed by atoms with van der Waals surface area (Å²) < 4.78 is 68.3. The number of hydrogen-bond acceptors (Lipinski definition) is 15. The minimum atomic E-state index is -5.00. The molecule has 0 aromatic carbocycles. The van der Waals surface area contributed by atoms with Crippen LogP contribution in [0.25, 0.3) is 0 Å². The molecule has 0 rings (SSSR count). The summed E-state index contributed by atoms with van der Waals surface area (Å²) in [6.07, 6.45) is 83.6. The maximum atomic E-state index is 13.1. The Morgan fingerprint density at radius 2 is 0.520 bits per heavy atom. The number of phosphoric ester groups is 2. The minimum Gasteiger partial charge on any atom is -0.462 e. The predicted octanol–water partition coefficient (Wildman–Crippen LogP) is 21.4. The Kier molecular flexibility index (Phi) is 67.8. The van der Waals surface area contributed by atoms with E-state index < -0.39 is 97.5 Å². The SMILES string of the molecule is CC/C=C\C/C=C\C/C=C\C/C=C\CCCCCCC(=O)OCC(COP(=O)(O)OCC(O)COP(=O)(O)OCC(COC(=O)CCCC/C=C\C/C=C\C/C=C\C/C=C\CC)OC(=O)CCCC/C=C\C/C=C\C/C=C\C/C=C\CC)OC(=O)CCCCCCC/C=C\C/C=C\CCC. The van der Waals surface area contributed by atoms with E-state index in [0.717, 1.165) is 173 Å². The lowest BCUT2D eigenvalue weighted by Gasteiger charge is -2.21. The molecule has 566 valence electrons. The van der Waals surface area contributed by atoms with Crippen molar-refractivity contribution in [1.29, 1.82) is 0 Å². The molecule has 5 unspecified atom stereocenters. The summed E-state index contributed by atoms with van der Waals surface area (Å²) in [6.45, 7) is 4.28. The highest BCUT2D eigenvalue weighted by Gasteiger charge is 2.30. The van der Waals surface area contributed by atoms with Crippen LogP contribution in [0, 0.1) is 0 Å². The molecule has 0 radical (unpaired) electrons. The highest BCUT2D eigenvalue weighted by atomic mass is 31.2. The van der Waals surface area contributed by atoms with Crippen LogP contribution >= 0.6 is 15.6 Å². The lowest BCUT2D eigenvalue weighted by atomic mass is 10.1. The quantitative estimate of drug-likeness (QED) is 0.0169. The van der Waals surface area contributed by atoms with E-state index in [1.807, 2.05) is 0 Å². The predicted molar refractivity (Wildman–Crippen MR) is 408 cm³/mol. The maximum absolute atomic E-state index is 13.1. The molecule has 0 aliphatic rings. The molecule has 0 saturated heterocycles. The van der Waals surface area contributed by atoms with Gasteiger partial charge in [0.15, 0.2) is 12.2 Å². The normalized spacial score (nSPS) is 14.9. The molecule has 0 bridgehead atoms. The van der Waals surface area contributed by atoms with Gasteiger partial charge in [-0.25, -0.2) is 9.13 Å². The van der Waals surface area contributed by atoms with Gasteiger partial charge in [-0.05, 0) is 167 Å². The summed E-state index contributed by atoms with van der Waals surface area (Å²) in [4.78, 5) is 72.8. The third-order valence-electron chi connectivity index (χ3n) is 14.6. The lowest BCUT2D eigenvalue weighted by molar-refractivity contribution is -0.161. The molecular formula is C81H130O17P2. The van der Waals surface area contributed by atoms with Gasteiger partial charge in [0.1, 0.15) is 19.3 Å². The van der Waals surface area contributed by atoms with Gasteiger partial charge in [0, 0.05) is 25.7 Å². The van der Waals surface area contributed by atoms with Gasteiger partial charge in [0.2, 0.25) is 0 Å². The van der Waals surface area contributed by atoms with Gasteiger partial charge in [0.25, 0.3) is 0 Å². The van der Waals surface area contributed by atoms with Crippen LogP contribution in [0.1, 0.15) is 259 Å². The molecule has 0 aliphatic heterocycles. The first-order valence-electron chi connectivity index (χ1n) is 37.4. The molecule has 0 aromatic heterocycles. The van der Waals surface area contributed by atoms with Crippen LogP contribution in [0.5, 0.6) is 0 Å². The topological polar surface area (TPSA) is 237 Å². The first-order chi connectivity index (χ1) is 48.7. The maximum Gasteiger partial charge on any atom is 0.472 e. The van der Waals surface area contributed by atoms with Gasteiger partial charge in [0.05, 0.1) is 26.4 Å². The van der Waals surface area contributed by atoms with Crippen molar-refractivity contribution in [2.24, 2.45) is 0 Å². The molecule has 0 amide bonds. The number of hydrogen-bond donors (Lipinski definition) is 3. The van der Waals surface area contributed by atoms with Gasteiger partial charge in [-0.3, -0.25) is 37.3 Å². The van der Waals surface area contributed by atoms with Crippen molar-refractivity contribution < 1.29 is 80.2 Å². The molecule has 0 saturated carbocycles. The van der Waals surface area contributed by atoms with E-state index in [-0.39, 0.29) is 25.7 Å². The molecule has 17 nitrogen and oxygen atoms in total. The van der Waals surface area contributed by atoms with E-state index in [1.54, 1.807) is 0 Å². The van der Waals surface area contributed by atoms with E-state index in [2.05, 4.69) is 198 Å². The van der Waals surface area contributed by atoms with Crippen LogP contribution in [-0.2, 0) is 65.4 Å². The molecule has 0 spiro atoms. The van der Waals surface area contributed by atoms with Crippen molar-refractivity contribution in [3.8, 4) is 0 Å². The summed E-state index contributed by atoms with van der Waals surface area (Å²) in [5, 5.41) is 10.6. The summed E-state index contributed by atoms with van der Waals surface area (Å²) in [5.41, 5.74) is 0. The Balaban J connectivity index is 5.47. The summed E-state index contributed by atoms with van der Waals surface area (Å²) in [5.74, 6) is -2.33. The molecular weight excluding hydrogens is 1310 g/mol. The number of phosphoric acid groups is 2. The second-order valence-electron chi connectivity index (χ2n) is 24.1. The fraction of sp³-hybridized carbons (Fsp3) is 0.605. The zero-order valence-electron chi connectivity index (χ0n) is 61.5. The van der Waals surface area contributed by atoms with Crippen molar-refractivity contribution in [2.45, 2.75) is 277 Å². The second-order valence-corrected chi connectivity index (χ2v) is 27.0. The molecule has 0 fully saturated rings. The molecule has 3 N–H and O–H groups in total. The van der Waals surface area contributed by atoms with Gasteiger partial charge in [-0.1, -0.05) is 236 Å². The lowest BCUT2D eigenvalue weighted by Crippen LogP contribution is -2.30. The molecule has 0 aliphatic carbocycles. The van der Waals surface area contributed by atoms with Crippen LogP contribution < -0.4 is 0 Å². The van der Waals surface area contributed by atoms with Crippen molar-refractivity contribution in [3.05, 3.63) is 170 Å². The van der Waals surface area contributed by atoms with Crippen LogP contribution in [0.4, 0.5) is 0 Å². The molecule has 5 atom stereocenters. The third-order valence-corrected chi connectivity index (χ3v) is 16.5. The Morgan fingerprint density at radius 3 is 0.820 bits per heavy atom.